The first-order valence-electron chi connectivity index (χ1n) is 3.85. The molecule has 0 bridgehead atoms. The summed E-state index contributed by atoms with van der Waals surface area (Å²) >= 11 is 0. The van der Waals surface area contributed by atoms with Crippen LogP contribution in [0, 0.1) is 25.2 Å². The van der Waals surface area contributed by atoms with Crippen LogP contribution < -0.4 is 0 Å². The van der Waals surface area contributed by atoms with Gasteiger partial charge in [-0.2, -0.15) is 10.2 Å². The minimum Gasteiger partial charge on any atom is -0.443 e. The smallest absolute Gasteiger partial charge is 0.230 e. The van der Waals surface area contributed by atoms with Crippen LogP contribution in [0.3, 0.4) is 0 Å². The first kappa shape index (κ1) is 7.74. The van der Waals surface area contributed by atoms with E-state index in [9.17, 15) is 0 Å². The van der Waals surface area contributed by atoms with Gasteiger partial charge in [0.25, 0.3) is 0 Å². The van der Waals surface area contributed by atoms with Crippen molar-refractivity contribution in [3.05, 3.63) is 23.3 Å². The zero-order valence-electron chi connectivity index (χ0n) is 7.33. The number of fused-ring (bicyclic) bond motifs is 1. The van der Waals surface area contributed by atoms with Crippen molar-refractivity contribution in [2.45, 2.75) is 13.8 Å². The van der Waals surface area contributed by atoms with Gasteiger partial charge >= 0.3 is 0 Å². The molecule has 0 atom stereocenters. The van der Waals surface area contributed by atoms with Crippen molar-refractivity contribution in [2.24, 2.45) is 0 Å². The number of aryl methyl sites for hydroxylation is 2. The maximum Gasteiger partial charge on any atom is 0.230 e. The molecule has 13 heavy (non-hydrogen) atoms. The van der Waals surface area contributed by atoms with Gasteiger partial charge < -0.3 is 4.42 Å². The molecule has 0 aromatic carbocycles. The molecular weight excluding hydrogens is 166 g/mol. The van der Waals surface area contributed by atoms with Gasteiger partial charge in [0.2, 0.25) is 5.71 Å². The highest BCUT2D eigenvalue weighted by atomic mass is 16.3. The topological polar surface area (TPSA) is 62.7 Å². The van der Waals surface area contributed by atoms with E-state index in [0.717, 1.165) is 5.76 Å². The van der Waals surface area contributed by atoms with Gasteiger partial charge in [-0.1, -0.05) is 0 Å². The van der Waals surface area contributed by atoms with Crippen molar-refractivity contribution in [1.29, 1.82) is 5.26 Å². The molecular formula is C9H7N3O. The van der Waals surface area contributed by atoms with E-state index < -0.39 is 0 Å². The standard InChI is InChI=1S/C9H7N3O/c1-5-3-7-8(4-10)11-6(2)12-9(7)13-5/h3H,1-2H3. The molecule has 0 unspecified atom stereocenters. The quantitative estimate of drug-likeness (QED) is 0.608. The van der Waals surface area contributed by atoms with Gasteiger partial charge in [-0.25, -0.2) is 4.98 Å². The lowest BCUT2D eigenvalue weighted by Gasteiger charge is -1.92. The lowest BCUT2D eigenvalue weighted by Crippen LogP contribution is -1.91. The second kappa shape index (κ2) is 2.56. The van der Waals surface area contributed by atoms with Crippen LogP contribution in [0.15, 0.2) is 10.5 Å². The van der Waals surface area contributed by atoms with Crippen molar-refractivity contribution >= 4 is 11.1 Å². The molecule has 0 saturated heterocycles. The number of rotatable bonds is 0. The molecule has 0 N–H and O–H groups in total. The van der Waals surface area contributed by atoms with E-state index in [1.165, 1.54) is 0 Å². The number of aromatic nitrogens is 2. The molecule has 0 aliphatic rings. The lowest BCUT2D eigenvalue weighted by atomic mass is 10.3. The zero-order valence-corrected chi connectivity index (χ0v) is 7.33. The van der Waals surface area contributed by atoms with Crippen LogP contribution >= 0.6 is 0 Å². The van der Waals surface area contributed by atoms with Crippen molar-refractivity contribution in [3.63, 3.8) is 0 Å². The summed E-state index contributed by atoms with van der Waals surface area (Å²) in [4.78, 5) is 8.08. The maximum absolute atomic E-state index is 8.79. The number of nitriles is 1. The largest absolute Gasteiger partial charge is 0.443 e. The number of furan rings is 1. The van der Waals surface area contributed by atoms with Crippen LogP contribution in [-0.4, -0.2) is 9.97 Å². The Hall–Kier alpha value is -1.89. The van der Waals surface area contributed by atoms with Gasteiger partial charge in [-0.3, -0.25) is 0 Å². The second-order valence-electron chi connectivity index (χ2n) is 2.81. The summed E-state index contributed by atoms with van der Waals surface area (Å²) in [6, 6.07) is 3.78. The monoisotopic (exact) mass is 173 g/mol. The van der Waals surface area contributed by atoms with Crippen LogP contribution in [-0.2, 0) is 0 Å². The molecule has 2 heterocycles. The normalized spacial score (nSPS) is 10.2. The number of hydrogen-bond acceptors (Lipinski definition) is 4. The Morgan fingerprint density at radius 1 is 1.38 bits per heavy atom. The summed E-state index contributed by atoms with van der Waals surface area (Å²) in [5, 5.41) is 9.47. The Morgan fingerprint density at radius 2 is 2.15 bits per heavy atom. The fourth-order valence-electron chi connectivity index (χ4n) is 1.23. The molecule has 64 valence electrons. The molecule has 2 aromatic rings. The number of hydrogen-bond donors (Lipinski definition) is 0. The summed E-state index contributed by atoms with van der Waals surface area (Å²) < 4.78 is 5.29. The molecule has 0 fully saturated rings. The van der Waals surface area contributed by atoms with Gasteiger partial charge in [0.05, 0.1) is 5.39 Å². The summed E-state index contributed by atoms with van der Waals surface area (Å²) in [5.41, 5.74) is 0.862. The highest BCUT2D eigenvalue weighted by Gasteiger charge is 2.08. The molecule has 2 rings (SSSR count). The van der Waals surface area contributed by atoms with E-state index in [1.807, 2.05) is 13.0 Å². The van der Waals surface area contributed by atoms with E-state index in [1.54, 1.807) is 13.0 Å². The minimum absolute atomic E-state index is 0.374. The predicted molar refractivity (Wildman–Crippen MR) is 46.0 cm³/mol. The summed E-state index contributed by atoms with van der Waals surface area (Å²) in [6.45, 7) is 3.55. The van der Waals surface area contributed by atoms with Gasteiger partial charge in [0.15, 0.2) is 5.69 Å². The SMILES string of the molecule is Cc1nc(C#N)c2cc(C)oc2n1. The van der Waals surface area contributed by atoms with Crippen LogP contribution in [0.4, 0.5) is 0 Å². The van der Waals surface area contributed by atoms with Crippen molar-refractivity contribution in [3.8, 4) is 6.07 Å². The zero-order chi connectivity index (χ0) is 9.42. The average molecular weight is 173 g/mol. The minimum atomic E-state index is 0.374. The van der Waals surface area contributed by atoms with E-state index in [0.29, 0.717) is 22.6 Å². The Bertz CT molecular complexity index is 507. The summed E-state index contributed by atoms with van der Waals surface area (Å²) in [6.07, 6.45) is 0. The maximum atomic E-state index is 8.79. The average Bonchev–Trinajstić information content (AvgIpc) is 2.43. The highest BCUT2D eigenvalue weighted by molar-refractivity contribution is 5.79. The number of nitrogens with zero attached hydrogens (tertiary/aromatic N) is 3. The molecule has 4 nitrogen and oxygen atoms in total. The first-order valence-corrected chi connectivity index (χ1v) is 3.85. The Balaban J connectivity index is 2.90. The first-order chi connectivity index (χ1) is 6.20. The Morgan fingerprint density at radius 3 is 2.85 bits per heavy atom. The fourth-order valence-corrected chi connectivity index (χ4v) is 1.23. The van der Waals surface area contributed by atoms with Crippen LogP contribution in [0.2, 0.25) is 0 Å². The van der Waals surface area contributed by atoms with Crippen LogP contribution in [0.5, 0.6) is 0 Å². The van der Waals surface area contributed by atoms with E-state index in [2.05, 4.69) is 9.97 Å². The third kappa shape index (κ3) is 1.14. The van der Waals surface area contributed by atoms with Gasteiger partial charge in [-0.05, 0) is 19.9 Å². The molecule has 0 aliphatic carbocycles. The second-order valence-corrected chi connectivity index (χ2v) is 2.81. The van der Waals surface area contributed by atoms with E-state index in [-0.39, 0.29) is 0 Å². The van der Waals surface area contributed by atoms with Crippen LogP contribution in [0.25, 0.3) is 11.1 Å². The van der Waals surface area contributed by atoms with Crippen molar-refractivity contribution in [2.75, 3.05) is 0 Å². The third-order valence-electron chi connectivity index (χ3n) is 1.73. The molecule has 0 amide bonds. The molecule has 4 heteroatoms. The van der Waals surface area contributed by atoms with Crippen molar-refractivity contribution < 1.29 is 4.42 Å². The summed E-state index contributed by atoms with van der Waals surface area (Å²) in [7, 11) is 0. The van der Waals surface area contributed by atoms with Gasteiger partial charge in [0.1, 0.15) is 17.7 Å². The van der Waals surface area contributed by atoms with E-state index in [4.69, 9.17) is 9.68 Å². The van der Waals surface area contributed by atoms with Gasteiger partial charge in [-0.15, -0.1) is 0 Å². The summed E-state index contributed by atoms with van der Waals surface area (Å²) in [5.74, 6) is 1.30. The lowest BCUT2D eigenvalue weighted by molar-refractivity contribution is 0.565. The fraction of sp³-hybridized carbons (Fsp3) is 0.222. The molecule has 0 spiro atoms. The predicted octanol–water partition coefficient (Wildman–Crippen LogP) is 1.71. The van der Waals surface area contributed by atoms with Gasteiger partial charge in [0, 0.05) is 0 Å². The Kier molecular flexibility index (Phi) is 1.52. The molecule has 0 aliphatic heterocycles. The van der Waals surface area contributed by atoms with E-state index >= 15 is 0 Å². The molecule has 0 saturated carbocycles. The Labute approximate surface area is 74.8 Å². The third-order valence-corrected chi connectivity index (χ3v) is 1.73. The molecule has 0 radical (unpaired) electrons. The van der Waals surface area contributed by atoms with Crippen LogP contribution in [0.1, 0.15) is 17.3 Å². The van der Waals surface area contributed by atoms with Crippen molar-refractivity contribution in [1.82, 2.24) is 9.97 Å². The molecule has 2 aromatic heterocycles. The highest BCUT2D eigenvalue weighted by Crippen LogP contribution is 2.19.